The number of aromatic nitrogens is 3. The quantitative estimate of drug-likeness (QED) is 0.210. The number of nitrogens with zero attached hydrogens (tertiary/aromatic N) is 3. The van der Waals surface area contributed by atoms with Crippen molar-refractivity contribution in [2.75, 3.05) is 0 Å². The molecule has 3 aromatic carbocycles. The van der Waals surface area contributed by atoms with E-state index < -0.39 is 0 Å². The maximum atomic E-state index is 11.9. The predicted octanol–water partition coefficient (Wildman–Crippen LogP) is 11.8. The van der Waals surface area contributed by atoms with Crippen LogP contribution in [-0.4, -0.2) is 19.6 Å². The second-order valence-electron chi connectivity index (χ2n) is 17.5. The van der Waals surface area contributed by atoms with E-state index in [1.807, 2.05) is 18.3 Å². The lowest BCUT2D eigenvalue weighted by atomic mass is 9.78. The summed E-state index contributed by atoms with van der Waals surface area (Å²) < 4.78 is 2.30. The first-order chi connectivity index (χ1) is 22.2. The van der Waals surface area contributed by atoms with Crippen molar-refractivity contribution in [3.05, 3.63) is 107 Å². The Bertz CT molecular complexity index is 2160. The highest BCUT2D eigenvalue weighted by Gasteiger charge is 2.28. The number of hydrogen-bond donors (Lipinski definition) is 1. The van der Waals surface area contributed by atoms with Crippen LogP contribution in [0.3, 0.4) is 0 Å². The average molecular weight is 638 g/mol. The average Bonchev–Trinajstić information content (AvgIpc) is 3.32. The van der Waals surface area contributed by atoms with Crippen LogP contribution < -0.4 is 0 Å². The van der Waals surface area contributed by atoms with Gasteiger partial charge in [0, 0.05) is 33.7 Å². The van der Waals surface area contributed by atoms with Gasteiger partial charge in [0.15, 0.2) is 0 Å². The minimum atomic E-state index is -0.246. The highest BCUT2D eigenvalue weighted by molar-refractivity contribution is 6.10. The molecule has 0 spiro atoms. The summed E-state index contributed by atoms with van der Waals surface area (Å²) in [6.45, 7) is 26.7. The van der Waals surface area contributed by atoms with E-state index >= 15 is 0 Å². The zero-order valence-electron chi connectivity index (χ0n) is 30.9. The van der Waals surface area contributed by atoms with E-state index in [0.29, 0.717) is 5.75 Å². The molecule has 0 amide bonds. The molecular formula is C44H51N3O. The number of rotatable bonds is 3. The summed E-state index contributed by atoms with van der Waals surface area (Å²) in [5.41, 5.74) is 9.76. The van der Waals surface area contributed by atoms with Gasteiger partial charge in [0.05, 0.1) is 22.4 Å². The summed E-state index contributed by atoms with van der Waals surface area (Å²) in [7, 11) is 0. The summed E-state index contributed by atoms with van der Waals surface area (Å²) in [5.74, 6) is 1.13. The number of pyridine rings is 2. The Hall–Kier alpha value is -4.44. The van der Waals surface area contributed by atoms with Crippen molar-refractivity contribution in [3.63, 3.8) is 0 Å². The molecule has 0 bridgehead atoms. The Morgan fingerprint density at radius 1 is 0.542 bits per heavy atom. The summed E-state index contributed by atoms with van der Waals surface area (Å²) in [6, 6.07) is 28.2. The molecule has 0 aliphatic carbocycles. The lowest BCUT2D eigenvalue weighted by molar-refractivity contribution is 0.446. The number of fused-ring (bicyclic) bond motifs is 3. The van der Waals surface area contributed by atoms with Crippen LogP contribution in [0, 0.1) is 0 Å². The minimum absolute atomic E-state index is 0.00838. The van der Waals surface area contributed by atoms with E-state index in [1.54, 1.807) is 0 Å². The molecule has 0 unspecified atom stereocenters. The van der Waals surface area contributed by atoms with Gasteiger partial charge >= 0.3 is 0 Å². The number of phenolic OH excluding ortho intramolecular Hbond substituents is 1. The maximum Gasteiger partial charge on any atom is 0.138 e. The predicted molar refractivity (Wildman–Crippen MR) is 204 cm³/mol. The molecule has 248 valence electrons. The standard InChI is InChI=1S/C44H51N3O/c1-41(2,3)28-17-19-37-32(22-28)31-18-16-27(35-15-13-14-20-45-35)21-38(31)47(37)39-26-30(43(7,8)9)25-36(46-39)33-23-29(42(4,5)6)24-34(40(33)48)44(10,11)12/h13-26,48H,1-12H3. The van der Waals surface area contributed by atoms with Crippen molar-refractivity contribution in [2.45, 2.75) is 105 Å². The molecule has 1 N–H and O–H groups in total. The summed E-state index contributed by atoms with van der Waals surface area (Å²) in [6.07, 6.45) is 1.84. The van der Waals surface area contributed by atoms with Crippen LogP contribution in [0.1, 0.15) is 105 Å². The smallest absolute Gasteiger partial charge is 0.138 e. The zero-order chi connectivity index (χ0) is 35.0. The van der Waals surface area contributed by atoms with Crippen LogP contribution in [-0.2, 0) is 21.7 Å². The Kier molecular flexibility index (Phi) is 7.90. The first-order valence-corrected chi connectivity index (χ1v) is 17.1. The third-order valence-corrected chi connectivity index (χ3v) is 9.56. The van der Waals surface area contributed by atoms with Gasteiger partial charge in [0.25, 0.3) is 0 Å². The van der Waals surface area contributed by atoms with Crippen molar-refractivity contribution in [1.29, 1.82) is 0 Å². The molecule has 0 aliphatic rings. The SMILES string of the molecule is CC(C)(C)c1cc(-c2cc(C(C)(C)C)cc(C(C)(C)C)c2O)nc(-n2c3ccc(C(C)(C)C)cc3c3ccc(-c4ccccn4)cc32)c1. The molecule has 4 nitrogen and oxygen atoms in total. The van der Waals surface area contributed by atoms with Gasteiger partial charge in [-0.25, -0.2) is 4.98 Å². The van der Waals surface area contributed by atoms with Gasteiger partial charge in [-0.15, -0.1) is 0 Å². The molecule has 4 heteroatoms. The van der Waals surface area contributed by atoms with Crippen LogP contribution in [0.4, 0.5) is 0 Å². The van der Waals surface area contributed by atoms with Gasteiger partial charge < -0.3 is 5.11 Å². The van der Waals surface area contributed by atoms with Crippen molar-refractivity contribution in [3.8, 4) is 34.1 Å². The third-order valence-electron chi connectivity index (χ3n) is 9.56. The van der Waals surface area contributed by atoms with E-state index in [1.165, 1.54) is 21.9 Å². The van der Waals surface area contributed by atoms with E-state index in [4.69, 9.17) is 4.98 Å². The van der Waals surface area contributed by atoms with Crippen LogP contribution in [0.15, 0.2) is 85.1 Å². The maximum absolute atomic E-state index is 11.9. The molecular weight excluding hydrogens is 587 g/mol. The van der Waals surface area contributed by atoms with E-state index in [0.717, 1.165) is 50.5 Å². The molecule has 0 saturated heterocycles. The molecule has 0 aliphatic heterocycles. The summed E-state index contributed by atoms with van der Waals surface area (Å²) in [5, 5.41) is 14.3. The Labute approximate surface area is 286 Å². The Morgan fingerprint density at radius 3 is 1.81 bits per heavy atom. The highest BCUT2D eigenvalue weighted by atomic mass is 16.3. The highest BCUT2D eigenvalue weighted by Crippen LogP contribution is 2.44. The van der Waals surface area contributed by atoms with Crippen molar-refractivity contribution in [1.82, 2.24) is 14.5 Å². The molecule has 48 heavy (non-hydrogen) atoms. The fraction of sp³-hybridized carbons (Fsp3) is 0.364. The van der Waals surface area contributed by atoms with Crippen molar-refractivity contribution < 1.29 is 5.11 Å². The van der Waals surface area contributed by atoms with Gasteiger partial charge in [0.2, 0.25) is 0 Å². The van der Waals surface area contributed by atoms with Crippen LogP contribution in [0.5, 0.6) is 5.75 Å². The third kappa shape index (κ3) is 6.14. The number of hydrogen-bond acceptors (Lipinski definition) is 3. The second kappa shape index (κ2) is 11.3. The number of phenols is 1. The minimum Gasteiger partial charge on any atom is -0.507 e. The van der Waals surface area contributed by atoms with Gasteiger partial charge in [0.1, 0.15) is 11.6 Å². The Balaban J connectivity index is 1.72. The van der Waals surface area contributed by atoms with Crippen LogP contribution >= 0.6 is 0 Å². The van der Waals surface area contributed by atoms with E-state index in [2.05, 4.69) is 159 Å². The summed E-state index contributed by atoms with van der Waals surface area (Å²) >= 11 is 0. The fourth-order valence-electron chi connectivity index (χ4n) is 6.46. The first-order valence-electron chi connectivity index (χ1n) is 17.1. The van der Waals surface area contributed by atoms with Gasteiger partial charge in [-0.05, 0) is 86.9 Å². The topological polar surface area (TPSA) is 50.9 Å². The Morgan fingerprint density at radius 2 is 1.21 bits per heavy atom. The second-order valence-corrected chi connectivity index (χ2v) is 17.5. The molecule has 0 atom stereocenters. The number of aromatic hydroxyl groups is 1. The largest absolute Gasteiger partial charge is 0.507 e. The van der Waals surface area contributed by atoms with E-state index in [9.17, 15) is 5.11 Å². The van der Waals surface area contributed by atoms with Gasteiger partial charge in [-0.2, -0.15) is 0 Å². The molecule has 3 aromatic heterocycles. The number of benzene rings is 3. The van der Waals surface area contributed by atoms with Crippen molar-refractivity contribution in [2.24, 2.45) is 0 Å². The fourth-order valence-corrected chi connectivity index (χ4v) is 6.46. The van der Waals surface area contributed by atoms with E-state index in [-0.39, 0.29) is 21.7 Å². The normalized spacial score (nSPS) is 13.1. The molecule has 0 saturated carbocycles. The molecule has 6 aromatic rings. The lowest BCUT2D eigenvalue weighted by Gasteiger charge is -2.28. The monoisotopic (exact) mass is 637 g/mol. The lowest BCUT2D eigenvalue weighted by Crippen LogP contribution is -2.17. The zero-order valence-corrected chi connectivity index (χ0v) is 30.9. The van der Waals surface area contributed by atoms with Crippen LogP contribution in [0.2, 0.25) is 0 Å². The van der Waals surface area contributed by atoms with Gasteiger partial charge in [-0.1, -0.05) is 113 Å². The molecule has 6 rings (SSSR count). The summed E-state index contributed by atoms with van der Waals surface area (Å²) in [4.78, 5) is 10.1. The van der Waals surface area contributed by atoms with Crippen LogP contribution in [0.25, 0.3) is 50.1 Å². The first kappa shape index (κ1) is 33.5. The molecule has 0 fully saturated rings. The molecule has 3 heterocycles. The molecule has 0 radical (unpaired) electrons. The van der Waals surface area contributed by atoms with Crippen molar-refractivity contribution >= 4 is 21.8 Å². The van der Waals surface area contributed by atoms with Gasteiger partial charge in [-0.3, -0.25) is 9.55 Å².